The van der Waals surface area contributed by atoms with Crippen LogP contribution in [-0.2, 0) is 28.8 Å². The predicted molar refractivity (Wildman–Crippen MR) is 148 cm³/mol. The first-order valence-corrected chi connectivity index (χ1v) is 13.3. The number of aryl methyl sites for hydroxylation is 1. The summed E-state index contributed by atoms with van der Waals surface area (Å²) in [5, 5.41) is 4.76. The maximum atomic E-state index is 13.5. The van der Waals surface area contributed by atoms with Crippen molar-refractivity contribution in [3.8, 4) is 5.92 Å². The Balaban J connectivity index is 0.000000198. The van der Waals surface area contributed by atoms with E-state index < -0.39 is 7.92 Å². The standard InChI is InChI=1S/C18H15P.C14H11FN.Au/c1-4-10-16(11-5-1)19(17-12-6-2-7-13-17)18-14-8-3-9-15-18;1-3-5-11-7-8-12-13(15)9-6-10(4-2)14(12)16-11;/h1-15H;6-9H,3,5H2,1H3;/q;-1;+1/p+1. The molecule has 0 N–H and O–H groups in total. The molecule has 0 aliphatic heterocycles. The van der Waals surface area contributed by atoms with Gasteiger partial charge in [0.1, 0.15) is 21.7 Å². The van der Waals surface area contributed by atoms with Crippen LogP contribution in [0.1, 0.15) is 24.6 Å². The molecule has 0 bridgehead atoms. The van der Waals surface area contributed by atoms with E-state index in [-0.39, 0.29) is 28.2 Å². The molecule has 0 spiro atoms. The Morgan fingerprint density at radius 2 is 1.22 bits per heavy atom. The minimum absolute atomic E-state index is 0. The Bertz CT molecular complexity index is 1320. The summed E-state index contributed by atoms with van der Waals surface area (Å²) < 4.78 is 13.5. The maximum Gasteiger partial charge on any atom is 1.00 e. The minimum atomic E-state index is -0.877. The van der Waals surface area contributed by atoms with Crippen LogP contribution in [0.3, 0.4) is 0 Å². The van der Waals surface area contributed by atoms with Gasteiger partial charge in [-0.15, -0.1) is 11.6 Å². The third kappa shape index (κ3) is 6.79. The molecule has 4 aromatic carbocycles. The summed E-state index contributed by atoms with van der Waals surface area (Å²) in [6.45, 7) is 2.07. The predicted octanol–water partition coefficient (Wildman–Crippen LogP) is 6.44. The van der Waals surface area contributed by atoms with Gasteiger partial charge in [0.2, 0.25) is 0 Å². The Hall–Kier alpha value is -3.05. The SMILES string of the molecule is [Au+].[C-]#Cc1ccc(F)c2ccc(CCC)nc12.c1ccc([PH+](c2ccccc2)c2ccccc2)cc1. The van der Waals surface area contributed by atoms with Gasteiger partial charge in [-0.3, -0.25) is 10.9 Å². The summed E-state index contributed by atoms with van der Waals surface area (Å²) in [5.41, 5.74) is 1.99. The molecule has 1 heterocycles. The Labute approximate surface area is 230 Å². The summed E-state index contributed by atoms with van der Waals surface area (Å²) in [6.07, 6.45) is 9.02. The number of pyridine rings is 1. The number of aromatic nitrogens is 1. The van der Waals surface area contributed by atoms with E-state index in [1.54, 1.807) is 6.07 Å². The Kier molecular flexibility index (Phi) is 10.6. The molecule has 0 unspecified atom stereocenters. The topological polar surface area (TPSA) is 12.9 Å². The first-order valence-electron chi connectivity index (χ1n) is 11.8. The Morgan fingerprint density at radius 1 is 0.722 bits per heavy atom. The number of rotatable bonds is 5. The second-order valence-electron chi connectivity index (χ2n) is 8.14. The molecule has 5 aromatic rings. The molecule has 36 heavy (non-hydrogen) atoms. The molecule has 4 heteroatoms. The molecule has 182 valence electrons. The number of hydrogen-bond donors (Lipinski definition) is 0. The van der Waals surface area contributed by atoms with Gasteiger partial charge in [-0.05, 0) is 61.0 Å². The molecule has 5 rings (SSSR count). The Morgan fingerprint density at radius 3 is 1.67 bits per heavy atom. The number of halogens is 1. The van der Waals surface area contributed by atoms with Crippen molar-refractivity contribution in [2.45, 2.75) is 19.8 Å². The van der Waals surface area contributed by atoms with Crippen LogP contribution in [-0.4, -0.2) is 4.98 Å². The summed E-state index contributed by atoms with van der Waals surface area (Å²) in [7, 11) is -0.877. The van der Waals surface area contributed by atoms with Crippen LogP contribution in [0.25, 0.3) is 10.9 Å². The first kappa shape index (κ1) is 27.5. The fourth-order valence-electron chi connectivity index (χ4n) is 4.03. The quantitative estimate of drug-likeness (QED) is 0.0908. The number of fused-ring (bicyclic) bond motifs is 1. The molecular weight excluding hydrogens is 645 g/mol. The van der Waals surface area contributed by atoms with E-state index in [9.17, 15) is 4.39 Å². The van der Waals surface area contributed by atoms with E-state index >= 15 is 0 Å². The van der Waals surface area contributed by atoms with E-state index in [1.165, 1.54) is 28.0 Å². The summed E-state index contributed by atoms with van der Waals surface area (Å²) in [5.74, 6) is 1.99. The molecule has 1 nitrogen and oxygen atoms in total. The van der Waals surface area contributed by atoms with Crippen LogP contribution < -0.4 is 15.9 Å². The molecular formula is C32H27AuFNP+. The van der Waals surface area contributed by atoms with Gasteiger partial charge in [-0.1, -0.05) is 67.9 Å². The molecule has 0 aliphatic carbocycles. The van der Waals surface area contributed by atoms with E-state index in [4.69, 9.17) is 6.42 Å². The maximum absolute atomic E-state index is 13.5. The van der Waals surface area contributed by atoms with E-state index in [1.807, 2.05) is 6.07 Å². The van der Waals surface area contributed by atoms with Gasteiger partial charge in [0.05, 0.1) is 7.92 Å². The number of nitrogens with zero attached hydrogens (tertiary/aromatic N) is 1. The average molecular weight is 673 g/mol. The van der Waals surface area contributed by atoms with E-state index in [0.717, 1.165) is 18.5 Å². The van der Waals surface area contributed by atoms with Crippen LogP contribution in [0.15, 0.2) is 115 Å². The van der Waals surface area contributed by atoms with Crippen molar-refractivity contribution in [2.75, 3.05) is 0 Å². The largest absolute Gasteiger partial charge is 1.00 e. The summed E-state index contributed by atoms with van der Waals surface area (Å²) in [6, 6.07) is 38.9. The van der Waals surface area contributed by atoms with Crippen LogP contribution in [0, 0.1) is 18.2 Å². The molecule has 0 atom stereocenters. The number of hydrogen-bond acceptors (Lipinski definition) is 1. The van der Waals surface area contributed by atoms with Crippen LogP contribution in [0.2, 0.25) is 0 Å². The van der Waals surface area contributed by atoms with Crippen LogP contribution in [0.5, 0.6) is 0 Å². The van der Waals surface area contributed by atoms with Crippen LogP contribution in [0.4, 0.5) is 4.39 Å². The molecule has 0 saturated heterocycles. The molecule has 0 aliphatic rings. The second kappa shape index (κ2) is 13.9. The average Bonchev–Trinajstić information content (AvgIpc) is 2.92. The molecule has 0 fully saturated rings. The summed E-state index contributed by atoms with van der Waals surface area (Å²) in [4.78, 5) is 4.37. The fourth-order valence-corrected chi connectivity index (χ4v) is 6.61. The van der Waals surface area contributed by atoms with Gasteiger partial charge < -0.3 is 6.42 Å². The molecule has 1 aromatic heterocycles. The van der Waals surface area contributed by atoms with Crippen molar-refractivity contribution in [1.29, 1.82) is 0 Å². The zero-order chi connectivity index (χ0) is 24.5. The van der Waals surface area contributed by atoms with Crippen molar-refractivity contribution in [3.05, 3.63) is 139 Å². The molecule has 0 saturated carbocycles. The van der Waals surface area contributed by atoms with Gasteiger partial charge in [0, 0.05) is 16.6 Å². The van der Waals surface area contributed by atoms with Crippen LogP contribution >= 0.6 is 7.92 Å². The van der Waals surface area contributed by atoms with Gasteiger partial charge in [0.25, 0.3) is 0 Å². The monoisotopic (exact) mass is 672 g/mol. The molecule has 0 amide bonds. The fraction of sp³-hybridized carbons (Fsp3) is 0.0938. The smallest absolute Gasteiger partial charge is 0.366 e. The van der Waals surface area contributed by atoms with Gasteiger partial charge in [0.15, 0.2) is 0 Å². The zero-order valence-electron chi connectivity index (χ0n) is 20.0. The van der Waals surface area contributed by atoms with Crippen molar-refractivity contribution < 1.29 is 26.8 Å². The third-order valence-corrected chi connectivity index (χ3v) is 8.42. The molecule has 0 radical (unpaired) electrons. The van der Waals surface area contributed by atoms with Gasteiger partial charge in [-0.25, -0.2) is 4.39 Å². The first-order chi connectivity index (χ1) is 17.2. The van der Waals surface area contributed by atoms with E-state index in [2.05, 4.69) is 109 Å². The van der Waals surface area contributed by atoms with Crippen molar-refractivity contribution in [2.24, 2.45) is 0 Å². The normalized spacial score (nSPS) is 10.2. The second-order valence-corrected chi connectivity index (χ2v) is 10.6. The van der Waals surface area contributed by atoms with Gasteiger partial charge in [-0.2, -0.15) is 0 Å². The third-order valence-electron chi connectivity index (χ3n) is 5.69. The van der Waals surface area contributed by atoms with Crippen molar-refractivity contribution in [3.63, 3.8) is 0 Å². The van der Waals surface area contributed by atoms with Crippen molar-refractivity contribution >= 4 is 34.7 Å². The van der Waals surface area contributed by atoms with Crippen molar-refractivity contribution in [1.82, 2.24) is 4.98 Å². The zero-order valence-corrected chi connectivity index (χ0v) is 23.2. The van der Waals surface area contributed by atoms with Gasteiger partial charge >= 0.3 is 22.4 Å². The summed E-state index contributed by atoms with van der Waals surface area (Å²) >= 11 is 0. The van der Waals surface area contributed by atoms with E-state index in [0.29, 0.717) is 16.5 Å². The number of benzene rings is 4. The minimum Gasteiger partial charge on any atom is -0.366 e.